The topological polar surface area (TPSA) is 29.5 Å². The first-order valence-electron chi connectivity index (χ1n) is 9.20. The molecule has 3 heteroatoms. The average Bonchev–Trinajstić information content (AvgIpc) is 2.71. The van der Waals surface area contributed by atoms with E-state index in [0.717, 1.165) is 28.8 Å². The van der Waals surface area contributed by atoms with E-state index in [4.69, 9.17) is 4.74 Å². The van der Waals surface area contributed by atoms with Crippen molar-refractivity contribution >= 4 is 12.0 Å². The molecule has 142 valence electrons. The van der Waals surface area contributed by atoms with Crippen LogP contribution >= 0.6 is 0 Å². The molecule has 3 nitrogen and oxygen atoms in total. The van der Waals surface area contributed by atoms with Gasteiger partial charge in [0.05, 0.1) is 12.8 Å². The standard InChI is InChI=1S/C18H19NO2.C3H8.C2H6/c1-4-16(13-20)19(2)17-9-5-14(6-10-17)15-7-11-18(21-3)12-8-15;1-3-2;1-2/h4-13H,1-3H3;3H2,1-2H3;1-2H3/b16-4+;;. The van der Waals surface area contributed by atoms with Crippen LogP contribution in [0.1, 0.15) is 41.0 Å². The van der Waals surface area contributed by atoms with Gasteiger partial charge < -0.3 is 9.64 Å². The van der Waals surface area contributed by atoms with Crippen molar-refractivity contribution in [2.24, 2.45) is 0 Å². The Balaban J connectivity index is 0.00000113. The molecular weight excluding hydrogens is 322 g/mol. The zero-order valence-corrected chi connectivity index (χ0v) is 17.2. The van der Waals surface area contributed by atoms with Crippen LogP contribution in [0.15, 0.2) is 60.3 Å². The molecule has 0 aliphatic rings. The minimum Gasteiger partial charge on any atom is -0.497 e. The van der Waals surface area contributed by atoms with Crippen LogP contribution in [0.4, 0.5) is 5.69 Å². The van der Waals surface area contributed by atoms with Crippen molar-refractivity contribution in [1.29, 1.82) is 0 Å². The summed E-state index contributed by atoms with van der Waals surface area (Å²) < 4.78 is 5.16. The number of carbonyl (C=O) groups excluding carboxylic acids is 1. The maximum absolute atomic E-state index is 11.0. The van der Waals surface area contributed by atoms with Crippen molar-refractivity contribution < 1.29 is 9.53 Å². The van der Waals surface area contributed by atoms with Crippen LogP contribution in [0.2, 0.25) is 0 Å². The third kappa shape index (κ3) is 7.14. The quantitative estimate of drug-likeness (QED) is 0.463. The van der Waals surface area contributed by atoms with Gasteiger partial charge in [0.15, 0.2) is 6.29 Å². The highest BCUT2D eigenvalue weighted by Gasteiger charge is 2.06. The third-order valence-electron chi connectivity index (χ3n) is 3.48. The van der Waals surface area contributed by atoms with Gasteiger partial charge in [0.25, 0.3) is 0 Å². The predicted octanol–water partition coefficient (Wildman–Crippen LogP) is 6.34. The minimum absolute atomic E-state index is 0.646. The second-order valence-corrected chi connectivity index (χ2v) is 5.37. The van der Waals surface area contributed by atoms with E-state index in [0.29, 0.717) is 5.70 Å². The van der Waals surface area contributed by atoms with Crippen LogP contribution in [-0.4, -0.2) is 20.4 Å². The zero-order valence-electron chi connectivity index (χ0n) is 17.2. The lowest BCUT2D eigenvalue weighted by Gasteiger charge is -2.19. The second-order valence-electron chi connectivity index (χ2n) is 5.37. The maximum atomic E-state index is 11.0. The summed E-state index contributed by atoms with van der Waals surface area (Å²) in [5.74, 6) is 0.846. The van der Waals surface area contributed by atoms with Gasteiger partial charge in [0, 0.05) is 12.7 Å². The highest BCUT2D eigenvalue weighted by Crippen LogP contribution is 2.25. The summed E-state index contributed by atoms with van der Waals surface area (Å²) in [4.78, 5) is 12.8. The maximum Gasteiger partial charge on any atom is 0.166 e. The monoisotopic (exact) mass is 355 g/mol. The molecule has 2 aromatic carbocycles. The van der Waals surface area contributed by atoms with Gasteiger partial charge >= 0.3 is 0 Å². The number of aldehydes is 1. The smallest absolute Gasteiger partial charge is 0.166 e. The number of nitrogens with zero attached hydrogens (tertiary/aromatic N) is 1. The van der Waals surface area contributed by atoms with Crippen LogP contribution in [0.5, 0.6) is 5.75 Å². The Kier molecular flexibility index (Phi) is 12.4. The summed E-state index contributed by atoms with van der Waals surface area (Å²) in [5, 5.41) is 0. The fourth-order valence-corrected chi connectivity index (χ4v) is 2.15. The number of methoxy groups -OCH3 is 1. The molecule has 2 rings (SSSR count). The Bertz CT molecular complexity index is 643. The highest BCUT2D eigenvalue weighted by atomic mass is 16.5. The predicted molar refractivity (Wildman–Crippen MR) is 114 cm³/mol. The van der Waals surface area contributed by atoms with E-state index in [2.05, 4.69) is 13.8 Å². The number of hydrogen-bond acceptors (Lipinski definition) is 3. The number of likely N-dealkylation sites (N-methyl/N-ethyl adjacent to an activating group) is 1. The first-order chi connectivity index (χ1) is 12.6. The number of benzene rings is 2. The van der Waals surface area contributed by atoms with Crippen molar-refractivity contribution in [3.63, 3.8) is 0 Å². The van der Waals surface area contributed by atoms with Gasteiger partial charge in [0.2, 0.25) is 0 Å². The van der Waals surface area contributed by atoms with Gasteiger partial charge in [-0.05, 0) is 42.3 Å². The van der Waals surface area contributed by atoms with Crippen molar-refractivity contribution in [3.05, 3.63) is 60.3 Å². The summed E-state index contributed by atoms with van der Waals surface area (Å²) in [5.41, 5.74) is 3.88. The van der Waals surface area contributed by atoms with E-state index in [9.17, 15) is 4.79 Å². The van der Waals surface area contributed by atoms with Crippen molar-refractivity contribution in [2.45, 2.75) is 41.0 Å². The Hall–Kier alpha value is -2.55. The largest absolute Gasteiger partial charge is 0.497 e. The molecule has 26 heavy (non-hydrogen) atoms. The van der Waals surface area contributed by atoms with E-state index in [1.165, 1.54) is 6.42 Å². The van der Waals surface area contributed by atoms with E-state index in [1.807, 2.05) is 81.2 Å². The highest BCUT2D eigenvalue weighted by molar-refractivity contribution is 5.80. The Morgan fingerprint density at radius 1 is 0.962 bits per heavy atom. The van der Waals surface area contributed by atoms with Gasteiger partial charge in [0.1, 0.15) is 5.75 Å². The van der Waals surface area contributed by atoms with Crippen molar-refractivity contribution in [1.82, 2.24) is 0 Å². The fourth-order valence-electron chi connectivity index (χ4n) is 2.15. The summed E-state index contributed by atoms with van der Waals surface area (Å²) in [6.45, 7) is 10.1. The molecule has 0 atom stereocenters. The number of ether oxygens (including phenoxy) is 1. The molecule has 0 unspecified atom stereocenters. The van der Waals surface area contributed by atoms with Crippen LogP contribution in [0, 0.1) is 0 Å². The normalized spacial score (nSPS) is 9.88. The van der Waals surface area contributed by atoms with Gasteiger partial charge in [-0.1, -0.05) is 64.5 Å². The van der Waals surface area contributed by atoms with Crippen LogP contribution in [0.3, 0.4) is 0 Å². The molecule has 0 amide bonds. The number of hydrogen-bond donors (Lipinski definition) is 0. The molecular formula is C23H33NO2. The third-order valence-corrected chi connectivity index (χ3v) is 3.48. The van der Waals surface area contributed by atoms with Crippen molar-refractivity contribution in [2.75, 3.05) is 19.1 Å². The molecule has 0 bridgehead atoms. The molecule has 0 aromatic heterocycles. The zero-order chi connectivity index (χ0) is 19.9. The number of rotatable bonds is 5. The molecule has 0 saturated carbocycles. The molecule has 0 aliphatic carbocycles. The van der Waals surface area contributed by atoms with Gasteiger partial charge in [-0.2, -0.15) is 0 Å². The number of allylic oxidation sites excluding steroid dienone is 2. The second kappa shape index (κ2) is 13.7. The Labute approximate surface area is 159 Å². The van der Waals surface area contributed by atoms with Gasteiger partial charge in [-0.3, -0.25) is 4.79 Å². The fraction of sp³-hybridized carbons (Fsp3) is 0.348. The van der Waals surface area contributed by atoms with Crippen LogP contribution in [0.25, 0.3) is 11.1 Å². The van der Waals surface area contributed by atoms with Crippen LogP contribution in [-0.2, 0) is 4.79 Å². The van der Waals surface area contributed by atoms with Gasteiger partial charge in [-0.25, -0.2) is 0 Å². The first kappa shape index (κ1) is 23.4. The lowest BCUT2D eigenvalue weighted by molar-refractivity contribution is -0.105. The molecule has 0 saturated heterocycles. The number of anilines is 1. The van der Waals surface area contributed by atoms with Crippen molar-refractivity contribution in [3.8, 4) is 16.9 Å². The number of carbonyl (C=O) groups is 1. The van der Waals surface area contributed by atoms with E-state index in [1.54, 1.807) is 13.2 Å². The van der Waals surface area contributed by atoms with E-state index in [-0.39, 0.29) is 0 Å². The average molecular weight is 356 g/mol. The van der Waals surface area contributed by atoms with Gasteiger partial charge in [-0.15, -0.1) is 0 Å². The molecule has 0 fully saturated rings. The molecule has 0 radical (unpaired) electrons. The molecule has 0 aliphatic heterocycles. The Morgan fingerprint density at radius 2 is 1.38 bits per heavy atom. The lowest BCUT2D eigenvalue weighted by Crippen LogP contribution is -2.16. The Morgan fingerprint density at radius 3 is 1.73 bits per heavy atom. The minimum atomic E-state index is 0.646. The summed E-state index contributed by atoms with van der Waals surface area (Å²) >= 11 is 0. The van der Waals surface area contributed by atoms with Crippen LogP contribution < -0.4 is 9.64 Å². The summed E-state index contributed by atoms with van der Waals surface area (Å²) in [6, 6.07) is 16.1. The summed E-state index contributed by atoms with van der Waals surface area (Å²) in [7, 11) is 3.54. The van der Waals surface area contributed by atoms with E-state index >= 15 is 0 Å². The first-order valence-corrected chi connectivity index (χ1v) is 9.20. The molecule has 2 aromatic rings. The molecule has 0 N–H and O–H groups in total. The van der Waals surface area contributed by atoms with E-state index < -0.39 is 0 Å². The lowest BCUT2D eigenvalue weighted by atomic mass is 10.1. The molecule has 0 spiro atoms. The SMILES string of the molecule is C/C=C(\C=O)N(C)c1ccc(-c2ccc(OC)cc2)cc1.CC.CCC. The summed E-state index contributed by atoms with van der Waals surface area (Å²) in [6.07, 6.45) is 3.90. The molecule has 0 heterocycles.